The quantitative estimate of drug-likeness (QED) is 0.364. The number of nitrogens with zero attached hydrogens (tertiary/aromatic N) is 1. The Morgan fingerprint density at radius 1 is 0.923 bits per heavy atom. The number of hydrogen-bond donors (Lipinski definition) is 1. The molecule has 4 atom stereocenters. The van der Waals surface area contributed by atoms with Gasteiger partial charge in [0.1, 0.15) is 17.2 Å². The summed E-state index contributed by atoms with van der Waals surface area (Å²) in [5.41, 5.74) is 2.08. The van der Waals surface area contributed by atoms with Crippen molar-refractivity contribution in [2.45, 2.75) is 17.5 Å². The monoisotopic (exact) mass is 516 g/mol. The molecule has 1 N–H and O–H groups in total. The minimum Gasteiger partial charge on any atom is -0.496 e. The second kappa shape index (κ2) is 8.56. The molecule has 192 valence electrons. The average molecular weight is 517 g/mol. The molecule has 4 heterocycles. The van der Waals surface area contributed by atoms with Crippen molar-refractivity contribution in [2.24, 2.45) is 5.92 Å². The highest BCUT2D eigenvalue weighted by Gasteiger charge is 2.71. The lowest BCUT2D eigenvalue weighted by atomic mass is 9.63. The van der Waals surface area contributed by atoms with Crippen LogP contribution in [-0.2, 0) is 10.2 Å². The van der Waals surface area contributed by atoms with Gasteiger partial charge in [0.15, 0.2) is 11.5 Å². The van der Waals surface area contributed by atoms with E-state index in [0.29, 0.717) is 22.6 Å². The molecule has 7 nitrogen and oxygen atoms in total. The molecule has 3 aromatic carbocycles. The van der Waals surface area contributed by atoms with Crippen LogP contribution < -0.4 is 10.1 Å². The zero-order chi connectivity index (χ0) is 26.7. The lowest BCUT2D eigenvalue weighted by Gasteiger charge is -2.38. The molecule has 1 aromatic heterocycles. The smallest absolute Gasteiger partial charge is 0.238 e. The lowest BCUT2D eigenvalue weighted by Crippen LogP contribution is -2.49. The molecule has 1 amide bonds. The van der Waals surface area contributed by atoms with Crippen LogP contribution in [0.5, 0.6) is 5.75 Å². The van der Waals surface area contributed by atoms with E-state index in [1.807, 2.05) is 65.7 Å². The van der Waals surface area contributed by atoms with Crippen molar-refractivity contribution in [3.05, 3.63) is 125 Å². The third kappa shape index (κ3) is 3.07. The number of para-hydroxylation sites is 2. The van der Waals surface area contributed by atoms with Crippen molar-refractivity contribution in [1.29, 1.82) is 0 Å². The Morgan fingerprint density at radius 3 is 2.51 bits per heavy atom. The summed E-state index contributed by atoms with van der Waals surface area (Å²) in [5, 5.41) is 3.04. The fourth-order valence-corrected chi connectivity index (χ4v) is 6.75. The number of anilines is 1. The molecule has 0 saturated carbocycles. The van der Waals surface area contributed by atoms with Crippen molar-refractivity contribution in [1.82, 2.24) is 4.90 Å². The van der Waals surface area contributed by atoms with Gasteiger partial charge in [-0.3, -0.25) is 14.4 Å². The first-order chi connectivity index (χ1) is 19.1. The van der Waals surface area contributed by atoms with E-state index in [2.05, 4.69) is 5.32 Å². The summed E-state index contributed by atoms with van der Waals surface area (Å²) >= 11 is 0. The summed E-state index contributed by atoms with van der Waals surface area (Å²) in [7, 11) is 1.51. The number of amides is 1. The minimum absolute atomic E-state index is 0.103. The predicted octanol–water partition coefficient (Wildman–Crippen LogP) is 5.27. The van der Waals surface area contributed by atoms with Gasteiger partial charge >= 0.3 is 0 Å². The molecule has 0 aliphatic carbocycles. The molecule has 7 rings (SSSR count). The predicted molar refractivity (Wildman–Crippen MR) is 144 cm³/mol. The maximum absolute atomic E-state index is 14.6. The number of ketones is 2. The fourth-order valence-electron chi connectivity index (χ4n) is 6.75. The topological polar surface area (TPSA) is 88.9 Å². The molecule has 3 aliphatic rings. The maximum Gasteiger partial charge on any atom is 0.238 e. The van der Waals surface area contributed by atoms with E-state index in [9.17, 15) is 14.4 Å². The molecular formula is C32H24N2O5. The van der Waals surface area contributed by atoms with Crippen molar-refractivity contribution in [3.8, 4) is 5.75 Å². The first kappa shape index (κ1) is 23.2. The Kier molecular flexibility index (Phi) is 5.10. The second-order valence-electron chi connectivity index (χ2n) is 9.99. The number of methoxy groups -OCH3 is 1. The number of Topliss-reactive ketones (excluding diaryl/α,β-unsaturated/α-hetero) is 2. The van der Waals surface area contributed by atoms with Crippen LogP contribution in [0.4, 0.5) is 5.69 Å². The molecule has 0 unspecified atom stereocenters. The number of hydrogen-bond acceptors (Lipinski definition) is 6. The Bertz CT molecular complexity index is 1670. The standard InChI is InChI=1S/C32H24N2O5/c1-38-24-14-7-4-11-21(24)28(35)27-26(29(36)25-15-8-18-39-25)32(22-12-5-6-13-23(22)33-31(32)37)30-20-10-3-2-9-19(20)16-17-34(27)30/h2-18,26-27,30H,1H3,(H,33,37)/t26-,27-,30+,32+/m0/s1. The molecule has 4 aromatic rings. The molecule has 1 spiro atoms. The zero-order valence-electron chi connectivity index (χ0n) is 21.0. The first-order valence-electron chi connectivity index (χ1n) is 12.8. The van der Waals surface area contributed by atoms with Crippen molar-refractivity contribution < 1.29 is 23.5 Å². The molecule has 39 heavy (non-hydrogen) atoms. The summed E-state index contributed by atoms with van der Waals surface area (Å²) in [6.45, 7) is 0. The van der Waals surface area contributed by atoms with Gasteiger partial charge in [-0.15, -0.1) is 0 Å². The van der Waals surface area contributed by atoms with Crippen molar-refractivity contribution >= 4 is 29.2 Å². The molecular weight excluding hydrogens is 492 g/mol. The van der Waals surface area contributed by atoms with E-state index >= 15 is 0 Å². The highest BCUT2D eigenvalue weighted by atomic mass is 16.5. The van der Waals surface area contributed by atoms with Crippen LogP contribution in [-0.4, -0.2) is 35.5 Å². The van der Waals surface area contributed by atoms with E-state index in [-0.39, 0.29) is 17.5 Å². The van der Waals surface area contributed by atoms with Gasteiger partial charge in [-0.2, -0.15) is 0 Å². The van der Waals surface area contributed by atoms with Crippen LogP contribution in [0.25, 0.3) is 6.08 Å². The Balaban J connectivity index is 1.55. The van der Waals surface area contributed by atoms with Gasteiger partial charge in [-0.25, -0.2) is 0 Å². The summed E-state index contributed by atoms with van der Waals surface area (Å²) in [6, 6.07) is 23.8. The van der Waals surface area contributed by atoms with Crippen LogP contribution in [0.2, 0.25) is 0 Å². The van der Waals surface area contributed by atoms with Crippen LogP contribution >= 0.6 is 0 Å². The number of carbonyl (C=O) groups is 3. The van der Waals surface area contributed by atoms with Crippen molar-refractivity contribution in [3.63, 3.8) is 0 Å². The second-order valence-corrected chi connectivity index (χ2v) is 9.99. The van der Waals surface area contributed by atoms with Gasteiger partial charge in [0.2, 0.25) is 11.7 Å². The van der Waals surface area contributed by atoms with Gasteiger partial charge in [-0.05, 0) is 53.1 Å². The molecule has 1 fully saturated rings. The van der Waals surface area contributed by atoms with Gasteiger partial charge in [0.25, 0.3) is 0 Å². The molecule has 0 radical (unpaired) electrons. The summed E-state index contributed by atoms with van der Waals surface area (Å²) in [5.74, 6) is -1.61. The number of benzene rings is 3. The number of fused-ring (bicyclic) bond motifs is 6. The summed E-state index contributed by atoms with van der Waals surface area (Å²) < 4.78 is 11.1. The molecule has 0 bridgehead atoms. The van der Waals surface area contributed by atoms with Crippen LogP contribution in [0.1, 0.15) is 43.6 Å². The van der Waals surface area contributed by atoms with Crippen molar-refractivity contribution in [2.75, 3.05) is 12.4 Å². The van der Waals surface area contributed by atoms with Crippen LogP contribution in [0.3, 0.4) is 0 Å². The van der Waals surface area contributed by atoms with Crippen LogP contribution in [0.15, 0.2) is 102 Å². The summed E-state index contributed by atoms with van der Waals surface area (Å²) in [4.78, 5) is 45.3. The minimum atomic E-state index is -1.40. The normalized spacial score (nSPS) is 24.2. The third-order valence-electron chi connectivity index (χ3n) is 8.26. The van der Waals surface area contributed by atoms with E-state index in [1.54, 1.807) is 36.4 Å². The third-order valence-corrected chi connectivity index (χ3v) is 8.26. The number of furan rings is 1. The average Bonchev–Trinajstić information content (AvgIpc) is 3.69. The maximum atomic E-state index is 14.6. The zero-order valence-corrected chi connectivity index (χ0v) is 21.0. The Morgan fingerprint density at radius 2 is 1.69 bits per heavy atom. The van der Waals surface area contributed by atoms with Gasteiger partial charge < -0.3 is 19.4 Å². The van der Waals surface area contributed by atoms with Gasteiger partial charge in [0, 0.05) is 11.9 Å². The van der Waals surface area contributed by atoms with E-state index in [1.165, 1.54) is 13.4 Å². The SMILES string of the molecule is COc1ccccc1C(=O)[C@@H]1[C@@H](C(=O)c2ccco2)[C@@]2(C(=O)Nc3ccccc32)[C@H]2c3ccccc3C=CN12. The Hall–Kier alpha value is -4.91. The fraction of sp³-hybridized carbons (Fsp3) is 0.156. The van der Waals surface area contributed by atoms with E-state index < -0.39 is 29.2 Å². The number of ether oxygens (including phenoxy) is 1. The first-order valence-corrected chi connectivity index (χ1v) is 12.8. The highest BCUT2D eigenvalue weighted by Crippen LogP contribution is 2.62. The molecule has 7 heteroatoms. The number of nitrogens with one attached hydrogen (secondary N) is 1. The van der Waals surface area contributed by atoms with E-state index in [0.717, 1.165) is 11.1 Å². The highest BCUT2D eigenvalue weighted by molar-refractivity contribution is 6.16. The largest absolute Gasteiger partial charge is 0.496 e. The van der Waals surface area contributed by atoms with E-state index in [4.69, 9.17) is 9.15 Å². The molecule has 1 saturated heterocycles. The number of carbonyl (C=O) groups excluding carboxylic acids is 3. The van der Waals surface area contributed by atoms with Gasteiger partial charge in [-0.1, -0.05) is 54.6 Å². The Labute approximate surface area is 224 Å². The van der Waals surface area contributed by atoms with Crippen LogP contribution in [0, 0.1) is 5.92 Å². The molecule has 3 aliphatic heterocycles. The number of rotatable bonds is 5. The van der Waals surface area contributed by atoms with Gasteiger partial charge in [0.05, 0.1) is 30.9 Å². The summed E-state index contributed by atoms with van der Waals surface area (Å²) in [6.07, 6.45) is 5.20. The lowest BCUT2D eigenvalue weighted by molar-refractivity contribution is -0.122.